The maximum Gasteiger partial charge on any atom is 0.503 e. The molecule has 0 amide bonds. The summed E-state index contributed by atoms with van der Waals surface area (Å²) >= 11 is 0. The summed E-state index contributed by atoms with van der Waals surface area (Å²) in [7, 11) is -5.41. The molecule has 0 aliphatic heterocycles. The number of pyridine rings is 1. The summed E-state index contributed by atoms with van der Waals surface area (Å²) in [5, 5.41) is -1.03. The van der Waals surface area contributed by atoms with Gasteiger partial charge in [-0.3, -0.25) is 0 Å². The molecule has 1 rings (SSSR count). The molecule has 8 heteroatoms. The van der Waals surface area contributed by atoms with Crippen LogP contribution in [0.3, 0.4) is 0 Å². The number of rotatable bonds is 2. The van der Waals surface area contributed by atoms with E-state index in [4.69, 9.17) is 5.73 Å². The molecule has 0 atom stereocenters. The minimum atomic E-state index is -5.41. The van der Waals surface area contributed by atoms with Crippen molar-refractivity contribution in [1.82, 2.24) is 4.98 Å². The fraction of sp³-hybridized carbons (Fsp3) is 0.286. The lowest BCUT2D eigenvalue weighted by atomic mass is 10.3. The molecule has 1 aromatic rings. The molecule has 0 fully saturated rings. The molecule has 0 radical (unpaired) electrons. The van der Waals surface area contributed by atoms with E-state index in [-0.39, 0.29) is 12.1 Å². The number of nitrogens with zero attached hydrogens (tertiary/aromatic N) is 1. The molecule has 1 heterocycles. The minimum absolute atomic E-state index is 0.158. The van der Waals surface area contributed by atoms with Gasteiger partial charge in [-0.1, -0.05) is 6.07 Å². The van der Waals surface area contributed by atoms with Crippen LogP contribution in [-0.4, -0.2) is 18.9 Å². The van der Waals surface area contributed by atoms with E-state index in [1.807, 2.05) is 0 Å². The van der Waals surface area contributed by atoms with Crippen LogP contribution in [0.4, 0.5) is 13.2 Å². The van der Waals surface area contributed by atoms with Gasteiger partial charge in [0.1, 0.15) is 0 Å². The number of alkyl halides is 3. The van der Waals surface area contributed by atoms with E-state index in [1.165, 1.54) is 12.1 Å². The zero-order valence-electron chi connectivity index (χ0n) is 7.32. The van der Waals surface area contributed by atoms with Crippen molar-refractivity contribution in [2.24, 2.45) is 5.73 Å². The molecular weight excluding hydrogens is 233 g/mol. The van der Waals surface area contributed by atoms with E-state index in [2.05, 4.69) is 4.98 Å². The van der Waals surface area contributed by atoms with Gasteiger partial charge in [0.05, 0.1) is 0 Å². The Morgan fingerprint density at radius 3 is 2.47 bits per heavy atom. The molecule has 2 N–H and O–H groups in total. The molecule has 15 heavy (non-hydrogen) atoms. The molecule has 0 aliphatic rings. The van der Waals surface area contributed by atoms with Gasteiger partial charge >= 0.3 is 5.51 Å². The van der Waals surface area contributed by atoms with E-state index in [9.17, 15) is 21.6 Å². The molecule has 0 saturated carbocycles. The number of hydrogen-bond donors (Lipinski definition) is 1. The molecule has 0 spiro atoms. The zero-order chi connectivity index (χ0) is 11.7. The second-order valence-corrected chi connectivity index (χ2v) is 4.48. The number of hydrogen-bond acceptors (Lipinski definition) is 4. The van der Waals surface area contributed by atoms with E-state index in [0.29, 0.717) is 0 Å². The first-order chi connectivity index (χ1) is 6.80. The number of halogens is 3. The quantitative estimate of drug-likeness (QED) is 0.831. The lowest BCUT2D eigenvalue weighted by Crippen LogP contribution is -2.26. The maximum atomic E-state index is 12.2. The summed E-state index contributed by atoms with van der Waals surface area (Å²) in [6, 6.07) is 2.50. The van der Waals surface area contributed by atoms with Crippen LogP contribution in [0.5, 0.6) is 0 Å². The topological polar surface area (TPSA) is 73.0 Å². The lowest BCUT2D eigenvalue weighted by molar-refractivity contribution is -0.0438. The van der Waals surface area contributed by atoms with Gasteiger partial charge in [-0.25, -0.2) is 13.4 Å². The zero-order valence-corrected chi connectivity index (χ0v) is 8.14. The normalized spacial score (nSPS) is 12.8. The Morgan fingerprint density at radius 1 is 1.40 bits per heavy atom. The van der Waals surface area contributed by atoms with Crippen LogP contribution in [-0.2, 0) is 16.4 Å². The fourth-order valence-electron chi connectivity index (χ4n) is 0.931. The smallest absolute Gasteiger partial charge is 0.326 e. The Bertz CT molecular complexity index is 456. The Balaban J connectivity index is 3.41. The fourth-order valence-corrected chi connectivity index (χ4v) is 1.85. The van der Waals surface area contributed by atoms with Crippen LogP contribution < -0.4 is 5.73 Å². The highest BCUT2D eigenvalue weighted by Gasteiger charge is 2.48. The van der Waals surface area contributed by atoms with Gasteiger partial charge in [0.15, 0.2) is 5.03 Å². The van der Waals surface area contributed by atoms with Gasteiger partial charge in [-0.05, 0) is 6.07 Å². The van der Waals surface area contributed by atoms with Gasteiger partial charge in [-0.2, -0.15) is 13.2 Å². The van der Waals surface area contributed by atoms with Crippen LogP contribution in [0, 0.1) is 0 Å². The second kappa shape index (κ2) is 3.78. The molecule has 0 aliphatic carbocycles. The van der Waals surface area contributed by atoms with Crippen molar-refractivity contribution < 1.29 is 21.6 Å². The molecule has 1 aromatic heterocycles. The number of nitrogens with two attached hydrogens (primary N) is 1. The summed E-state index contributed by atoms with van der Waals surface area (Å²) in [6.45, 7) is -0.321. The number of aromatic nitrogens is 1. The van der Waals surface area contributed by atoms with Crippen LogP contribution in [0.2, 0.25) is 0 Å². The highest BCUT2D eigenvalue weighted by molar-refractivity contribution is 7.92. The van der Waals surface area contributed by atoms with E-state index >= 15 is 0 Å². The summed E-state index contributed by atoms with van der Waals surface area (Å²) in [5.41, 5.74) is -0.395. The molecule has 0 bridgehead atoms. The first kappa shape index (κ1) is 11.9. The molecule has 4 nitrogen and oxygen atoms in total. The lowest BCUT2D eigenvalue weighted by Gasteiger charge is -2.09. The molecule has 0 saturated heterocycles. The molecular formula is C7H7F3N2O2S. The van der Waals surface area contributed by atoms with E-state index < -0.39 is 20.4 Å². The Kier molecular flexibility index (Phi) is 3.00. The minimum Gasteiger partial charge on any atom is -0.326 e. The van der Waals surface area contributed by atoms with Crippen molar-refractivity contribution in [3.8, 4) is 0 Å². The van der Waals surface area contributed by atoms with Crippen molar-refractivity contribution in [2.45, 2.75) is 17.1 Å². The Hall–Kier alpha value is -1.15. The molecule has 0 aromatic carbocycles. The van der Waals surface area contributed by atoms with Crippen molar-refractivity contribution >= 4 is 9.84 Å². The van der Waals surface area contributed by atoms with Crippen LogP contribution >= 0.6 is 0 Å². The van der Waals surface area contributed by atoms with Gasteiger partial charge < -0.3 is 5.73 Å². The first-order valence-corrected chi connectivity index (χ1v) is 5.24. The largest absolute Gasteiger partial charge is 0.503 e. The van der Waals surface area contributed by atoms with E-state index in [0.717, 1.165) is 6.20 Å². The van der Waals surface area contributed by atoms with Crippen molar-refractivity contribution in [2.75, 3.05) is 0 Å². The third-order valence-electron chi connectivity index (χ3n) is 1.63. The van der Waals surface area contributed by atoms with Gasteiger partial charge in [-0.15, -0.1) is 0 Å². The van der Waals surface area contributed by atoms with E-state index in [1.54, 1.807) is 0 Å². The third kappa shape index (κ3) is 2.10. The average molecular weight is 240 g/mol. The highest BCUT2D eigenvalue weighted by atomic mass is 32.2. The standard InChI is InChI=1S/C7H7F3N2O2S/c8-7(9,10)15(13,14)6-5(4-11)2-1-3-12-6/h1-3H,4,11H2. The second-order valence-electron chi connectivity index (χ2n) is 2.62. The molecule has 0 unspecified atom stereocenters. The molecule has 84 valence electrons. The third-order valence-corrected chi connectivity index (χ3v) is 3.12. The Morgan fingerprint density at radius 2 is 2.00 bits per heavy atom. The predicted octanol–water partition coefficient (Wildman–Crippen LogP) is 0.834. The van der Waals surface area contributed by atoms with Crippen molar-refractivity contribution in [3.63, 3.8) is 0 Å². The highest BCUT2D eigenvalue weighted by Crippen LogP contribution is 2.30. The predicted molar refractivity (Wildman–Crippen MR) is 45.4 cm³/mol. The van der Waals surface area contributed by atoms with Gasteiger partial charge in [0.25, 0.3) is 9.84 Å². The summed E-state index contributed by atoms with van der Waals surface area (Å²) < 4.78 is 58.5. The average Bonchev–Trinajstić information content (AvgIpc) is 2.16. The first-order valence-electron chi connectivity index (χ1n) is 3.76. The Labute approximate surface area is 83.8 Å². The summed E-state index contributed by atoms with van der Waals surface area (Å²) in [5.74, 6) is 0. The SMILES string of the molecule is NCc1cccnc1S(=O)(=O)C(F)(F)F. The number of sulfone groups is 1. The van der Waals surface area contributed by atoms with Crippen molar-refractivity contribution in [3.05, 3.63) is 23.9 Å². The maximum absolute atomic E-state index is 12.2. The summed E-state index contributed by atoms with van der Waals surface area (Å²) in [4.78, 5) is 3.20. The van der Waals surface area contributed by atoms with Crippen LogP contribution in [0.1, 0.15) is 5.56 Å². The van der Waals surface area contributed by atoms with Crippen molar-refractivity contribution in [1.29, 1.82) is 0 Å². The van der Waals surface area contributed by atoms with Gasteiger partial charge in [0, 0.05) is 18.3 Å². The monoisotopic (exact) mass is 240 g/mol. The summed E-state index contributed by atoms with van der Waals surface area (Å²) in [6.07, 6.45) is 0.970. The van der Waals surface area contributed by atoms with Crippen LogP contribution in [0.25, 0.3) is 0 Å². The van der Waals surface area contributed by atoms with Crippen LogP contribution in [0.15, 0.2) is 23.4 Å². The van der Waals surface area contributed by atoms with Gasteiger partial charge in [0.2, 0.25) is 0 Å².